The Balaban J connectivity index is 2.05. The topological polar surface area (TPSA) is 63.6 Å². The highest BCUT2D eigenvalue weighted by atomic mass is 35.5. The Morgan fingerprint density at radius 2 is 1.68 bits per heavy atom. The molecule has 4 nitrogen and oxygen atoms in total. The molecule has 0 aliphatic carbocycles. The Morgan fingerprint density at radius 3 is 2.27 bits per heavy atom. The number of ether oxygens (including phenoxy) is 1. The van der Waals surface area contributed by atoms with Gasteiger partial charge in [0.2, 0.25) is 0 Å². The van der Waals surface area contributed by atoms with Crippen molar-refractivity contribution in [2.75, 3.05) is 0 Å². The zero-order valence-corrected chi connectivity index (χ0v) is 12.7. The van der Waals surface area contributed by atoms with E-state index in [1.807, 2.05) is 12.1 Å². The van der Waals surface area contributed by atoms with Crippen LogP contribution in [-0.4, -0.2) is 23.1 Å². The lowest BCUT2D eigenvalue weighted by Gasteiger charge is -2.14. The van der Waals surface area contributed by atoms with Crippen LogP contribution in [-0.2, 0) is 11.2 Å². The molecule has 1 N–H and O–H groups in total. The van der Waals surface area contributed by atoms with Crippen molar-refractivity contribution >= 4 is 23.5 Å². The molecule has 0 amide bonds. The summed E-state index contributed by atoms with van der Waals surface area (Å²) < 4.78 is 5.33. The summed E-state index contributed by atoms with van der Waals surface area (Å²) in [5.74, 6) is -1.79. The van der Waals surface area contributed by atoms with Crippen LogP contribution in [0.4, 0.5) is 0 Å². The van der Waals surface area contributed by atoms with Crippen molar-refractivity contribution in [2.24, 2.45) is 0 Å². The van der Waals surface area contributed by atoms with Crippen molar-refractivity contribution in [1.82, 2.24) is 0 Å². The van der Waals surface area contributed by atoms with E-state index in [9.17, 15) is 9.59 Å². The molecule has 0 bridgehead atoms. The number of esters is 1. The molecule has 0 saturated heterocycles. The maximum Gasteiger partial charge on any atom is 0.339 e. The van der Waals surface area contributed by atoms with Crippen molar-refractivity contribution in [3.05, 3.63) is 70.2 Å². The van der Waals surface area contributed by atoms with Crippen molar-refractivity contribution < 1.29 is 19.4 Å². The molecule has 0 saturated carbocycles. The molecule has 2 aromatic carbocycles. The number of carboxylic acid groups (broad SMARTS) is 1. The highest BCUT2D eigenvalue weighted by Crippen LogP contribution is 2.15. The lowest BCUT2D eigenvalue weighted by atomic mass is 10.1. The predicted octanol–water partition coefficient (Wildman–Crippen LogP) is 3.83. The van der Waals surface area contributed by atoms with E-state index >= 15 is 0 Å². The summed E-state index contributed by atoms with van der Waals surface area (Å²) in [6, 6.07) is 13.2. The second-order valence-electron chi connectivity index (χ2n) is 4.90. The van der Waals surface area contributed by atoms with Gasteiger partial charge in [0.15, 0.2) is 0 Å². The number of carbonyl (C=O) groups is 2. The number of benzene rings is 2. The first-order valence-corrected chi connectivity index (χ1v) is 7.13. The third-order valence-corrected chi connectivity index (χ3v) is 3.37. The van der Waals surface area contributed by atoms with Crippen LogP contribution in [0.3, 0.4) is 0 Å². The molecule has 0 radical (unpaired) electrons. The van der Waals surface area contributed by atoms with Gasteiger partial charge in [0.25, 0.3) is 0 Å². The predicted molar refractivity (Wildman–Crippen MR) is 83.4 cm³/mol. The SMILES string of the molecule is C[C@@H](Cc1ccc(Cl)cc1)OC(=O)c1ccccc1C(=O)O. The number of halogens is 1. The standard InChI is InChI=1S/C17H15ClO4/c1-11(10-12-6-8-13(18)9-7-12)22-17(21)15-5-3-2-4-14(15)16(19)20/h2-9,11H,10H2,1H3,(H,19,20)/t11-/m0/s1. The summed E-state index contributed by atoms with van der Waals surface area (Å²) in [7, 11) is 0. The lowest BCUT2D eigenvalue weighted by Crippen LogP contribution is -2.19. The van der Waals surface area contributed by atoms with Crippen LogP contribution in [0.15, 0.2) is 48.5 Å². The maximum atomic E-state index is 12.1. The van der Waals surface area contributed by atoms with Crippen molar-refractivity contribution in [2.45, 2.75) is 19.4 Å². The third kappa shape index (κ3) is 4.09. The first-order chi connectivity index (χ1) is 10.5. The molecule has 0 heterocycles. The van der Waals surface area contributed by atoms with Gasteiger partial charge >= 0.3 is 11.9 Å². The Morgan fingerprint density at radius 1 is 1.09 bits per heavy atom. The average molecular weight is 319 g/mol. The minimum absolute atomic E-state index is 0.0537. The molecule has 0 aliphatic heterocycles. The van der Waals surface area contributed by atoms with Gasteiger partial charge in [-0.05, 0) is 36.8 Å². The first kappa shape index (κ1) is 16.0. The molecule has 1 atom stereocenters. The van der Waals surface area contributed by atoms with Crippen molar-refractivity contribution in [3.8, 4) is 0 Å². The normalized spacial score (nSPS) is 11.7. The largest absolute Gasteiger partial charge is 0.478 e. The second-order valence-corrected chi connectivity index (χ2v) is 5.33. The molecule has 0 unspecified atom stereocenters. The number of hydrogen-bond acceptors (Lipinski definition) is 3. The van der Waals surface area contributed by atoms with Gasteiger partial charge in [-0.15, -0.1) is 0 Å². The minimum Gasteiger partial charge on any atom is -0.478 e. The van der Waals surface area contributed by atoms with Crippen LogP contribution in [0.25, 0.3) is 0 Å². The van der Waals surface area contributed by atoms with Crippen molar-refractivity contribution in [3.63, 3.8) is 0 Å². The van der Waals surface area contributed by atoms with E-state index in [1.54, 1.807) is 31.2 Å². The monoisotopic (exact) mass is 318 g/mol. The molecule has 5 heteroatoms. The number of rotatable bonds is 5. The molecule has 2 aromatic rings. The zero-order valence-electron chi connectivity index (χ0n) is 12.0. The molecule has 0 aromatic heterocycles. The molecule has 114 valence electrons. The van der Waals surface area contributed by atoms with E-state index in [2.05, 4.69) is 0 Å². The van der Waals surface area contributed by atoms with E-state index in [0.29, 0.717) is 11.4 Å². The van der Waals surface area contributed by atoms with Crippen LogP contribution in [0, 0.1) is 0 Å². The Labute approximate surface area is 133 Å². The fourth-order valence-electron chi connectivity index (χ4n) is 2.09. The molecule has 2 rings (SSSR count). The summed E-state index contributed by atoms with van der Waals surface area (Å²) in [6.45, 7) is 1.76. The van der Waals surface area contributed by atoms with E-state index in [-0.39, 0.29) is 17.2 Å². The smallest absolute Gasteiger partial charge is 0.339 e. The van der Waals surface area contributed by atoms with E-state index in [4.69, 9.17) is 21.4 Å². The quantitative estimate of drug-likeness (QED) is 0.851. The number of hydrogen-bond donors (Lipinski definition) is 1. The summed E-state index contributed by atoms with van der Waals surface area (Å²) in [6.07, 6.45) is 0.147. The summed E-state index contributed by atoms with van der Waals surface area (Å²) in [5, 5.41) is 9.73. The van der Waals surface area contributed by atoms with Crippen LogP contribution < -0.4 is 0 Å². The summed E-state index contributed by atoms with van der Waals surface area (Å²) in [4.78, 5) is 23.2. The fourth-order valence-corrected chi connectivity index (χ4v) is 2.21. The van der Waals surface area contributed by atoms with Gasteiger partial charge in [0, 0.05) is 11.4 Å². The molecular weight excluding hydrogens is 304 g/mol. The Bertz CT molecular complexity index is 679. The van der Waals surface area contributed by atoms with Gasteiger partial charge in [0.05, 0.1) is 11.1 Å². The van der Waals surface area contributed by atoms with E-state index in [1.165, 1.54) is 12.1 Å². The van der Waals surface area contributed by atoms with Crippen LogP contribution in [0.1, 0.15) is 33.2 Å². The van der Waals surface area contributed by atoms with Gasteiger partial charge in [-0.1, -0.05) is 35.9 Å². The Kier molecular flexibility index (Phi) is 5.17. The third-order valence-electron chi connectivity index (χ3n) is 3.12. The molecule has 0 fully saturated rings. The summed E-state index contributed by atoms with van der Waals surface area (Å²) >= 11 is 5.82. The first-order valence-electron chi connectivity index (χ1n) is 6.75. The summed E-state index contributed by atoms with van der Waals surface area (Å²) in [5.41, 5.74) is 0.973. The van der Waals surface area contributed by atoms with Gasteiger partial charge in [-0.2, -0.15) is 0 Å². The number of carboxylic acids is 1. The second kappa shape index (κ2) is 7.09. The van der Waals surface area contributed by atoms with E-state index < -0.39 is 11.9 Å². The molecule has 0 aliphatic rings. The van der Waals surface area contributed by atoms with Gasteiger partial charge < -0.3 is 9.84 Å². The van der Waals surface area contributed by atoms with Gasteiger partial charge in [-0.3, -0.25) is 0 Å². The maximum absolute atomic E-state index is 12.1. The minimum atomic E-state index is -1.15. The highest BCUT2D eigenvalue weighted by molar-refractivity contribution is 6.30. The van der Waals surface area contributed by atoms with Crippen LogP contribution >= 0.6 is 11.6 Å². The van der Waals surface area contributed by atoms with Crippen molar-refractivity contribution in [1.29, 1.82) is 0 Å². The van der Waals surface area contributed by atoms with Crippen LogP contribution in [0.5, 0.6) is 0 Å². The van der Waals surface area contributed by atoms with Gasteiger partial charge in [-0.25, -0.2) is 9.59 Å². The molecule has 22 heavy (non-hydrogen) atoms. The number of carbonyl (C=O) groups excluding carboxylic acids is 1. The zero-order chi connectivity index (χ0) is 16.1. The highest BCUT2D eigenvalue weighted by Gasteiger charge is 2.19. The van der Waals surface area contributed by atoms with Gasteiger partial charge in [0.1, 0.15) is 6.10 Å². The Hall–Kier alpha value is -2.33. The fraction of sp³-hybridized carbons (Fsp3) is 0.176. The average Bonchev–Trinajstić information content (AvgIpc) is 2.49. The molecular formula is C17H15ClO4. The number of aromatic carboxylic acids is 1. The van der Waals surface area contributed by atoms with E-state index in [0.717, 1.165) is 5.56 Å². The lowest BCUT2D eigenvalue weighted by molar-refractivity contribution is 0.0336. The van der Waals surface area contributed by atoms with Crippen LogP contribution in [0.2, 0.25) is 5.02 Å². The molecule has 0 spiro atoms.